The van der Waals surface area contributed by atoms with E-state index in [9.17, 15) is 14.4 Å². The van der Waals surface area contributed by atoms with Crippen LogP contribution in [0.15, 0.2) is 115 Å². The fraction of sp³-hybridized carbons (Fsp3) is 0.129. The van der Waals surface area contributed by atoms with Gasteiger partial charge in [-0.25, -0.2) is 14.4 Å². The molecule has 0 aromatic heterocycles. The summed E-state index contributed by atoms with van der Waals surface area (Å²) in [6.45, 7) is -0.541. The average Bonchev–Trinajstić information content (AvgIpc) is 2.96. The van der Waals surface area contributed by atoms with E-state index in [0.717, 1.165) is 12.0 Å². The zero-order valence-electron chi connectivity index (χ0n) is 20.1. The van der Waals surface area contributed by atoms with E-state index in [1.165, 1.54) is 5.56 Å². The summed E-state index contributed by atoms with van der Waals surface area (Å²) < 4.78 is 16.2. The van der Waals surface area contributed by atoms with Crippen molar-refractivity contribution in [2.45, 2.75) is 12.5 Å². The molecular weight excluding hydrogens is 468 g/mol. The fourth-order valence-corrected chi connectivity index (χ4v) is 3.58. The van der Waals surface area contributed by atoms with E-state index >= 15 is 0 Å². The van der Waals surface area contributed by atoms with Crippen LogP contribution in [0.4, 0.5) is 0 Å². The summed E-state index contributed by atoms with van der Waals surface area (Å²) in [4.78, 5) is 37.6. The Morgan fingerprint density at radius 3 is 1.41 bits per heavy atom. The largest absolute Gasteiger partial charge is 0.458 e. The zero-order valence-corrected chi connectivity index (χ0v) is 20.1. The molecule has 0 saturated heterocycles. The molecule has 0 aliphatic heterocycles. The van der Waals surface area contributed by atoms with Crippen molar-refractivity contribution in [3.8, 4) is 0 Å². The van der Waals surface area contributed by atoms with E-state index < -0.39 is 24.0 Å². The zero-order chi connectivity index (χ0) is 25.9. The fourth-order valence-electron chi connectivity index (χ4n) is 3.58. The maximum Gasteiger partial charge on any atom is 0.338 e. The van der Waals surface area contributed by atoms with Crippen molar-refractivity contribution in [3.05, 3.63) is 143 Å². The first kappa shape index (κ1) is 25.4. The summed E-state index contributed by atoms with van der Waals surface area (Å²) in [7, 11) is 0. The molecule has 0 bridgehead atoms. The normalized spacial score (nSPS) is 11.2. The van der Waals surface area contributed by atoms with Crippen molar-refractivity contribution in [1.82, 2.24) is 0 Å². The van der Waals surface area contributed by atoms with Crippen molar-refractivity contribution in [2.75, 3.05) is 13.2 Å². The Bertz CT molecular complexity index is 1300. The van der Waals surface area contributed by atoms with E-state index in [1.807, 2.05) is 42.5 Å². The summed E-state index contributed by atoms with van der Waals surface area (Å²) in [5, 5.41) is 0. The van der Waals surface area contributed by atoms with Crippen LogP contribution in [0.1, 0.15) is 42.2 Å². The summed E-state index contributed by atoms with van der Waals surface area (Å²) >= 11 is 0. The Balaban J connectivity index is 1.37. The predicted molar refractivity (Wildman–Crippen MR) is 138 cm³/mol. The maximum absolute atomic E-state index is 12.7. The van der Waals surface area contributed by atoms with Gasteiger partial charge in [-0.1, -0.05) is 78.9 Å². The van der Waals surface area contributed by atoms with Gasteiger partial charge in [-0.05, 0) is 53.9 Å². The summed E-state index contributed by atoms with van der Waals surface area (Å²) in [6, 6.07) is 34.1. The third-order valence-electron chi connectivity index (χ3n) is 5.53. The second-order valence-corrected chi connectivity index (χ2v) is 8.32. The van der Waals surface area contributed by atoms with Crippen LogP contribution in [-0.4, -0.2) is 37.2 Å². The first-order valence-electron chi connectivity index (χ1n) is 11.9. The molecule has 0 N–H and O–H groups in total. The molecule has 4 aromatic carbocycles. The van der Waals surface area contributed by atoms with Gasteiger partial charge >= 0.3 is 17.9 Å². The second-order valence-electron chi connectivity index (χ2n) is 8.32. The molecular formula is C31H26O6. The van der Waals surface area contributed by atoms with Crippen molar-refractivity contribution in [1.29, 1.82) is 0 Å². The van der Waals surface area contributed by atoms with Gasteiger partial charge in [0, 0.05) is 0 Å². The molecule has 0 amide bonds. The minimum Gasteiger partial charge on any atom is -0.458 e. The van der Waals surface area contributed by atoms with E-state index in [-0.39, 0.29) is 13.2 Å². The molecule has 0 aliphatic rings. The quantitative estimate of drug-likeness (QED) is 0.213. The Morgan fingerprint density at radius 2 is 0.892 bits per heavy atom. The topological polar surface area (TPSA) is 78.9 Å². The number of carbonyl (C=O) groups excluding carboxylic acids is 3. The predicted octanol–water partition coefficient (Wildman–Crippen LogP) is 5.52. The Hall–Kier alpha value is -4.71. The van der Waals surface area contributed by atoms with Crippen molar-refractivity contribution in [2.24, 2.45) is 0 Å². The van der Waals surface area contributed by atoms with Crippen LogP contribution < -0.4 is 0 Å². The van der Waals surface area contributed by atoms with Crippen LogP contribution in [0.2, 0.25) is 0 Å². The van der Waals surface area contributed by atoms with Gasteiger partial charge in [0.15, 0.2) is 6.10 Å². The number of carbonyl (C=O) groups is 3. The number of hydrogen-bond acceptors (Lipinski definition) is 6. The molecule has 186 valence electrons. The highest BCUT2D eigenvalue weighted by molar-refractivity contribution is 5.91. The SMILES string of the molecule is O=C(OCC(COC(=O)c1ccc(Cc2ccccc2)cc1)OC(=O)c1ccccc1)c1ccccc1. The highest BCUT2D eigenvalue weighted by Gasteiger charge is 2.21. The first-order chi connectivity index (χ1) is 18.1. The molecule has 37 heavy (non-hydrogen) atoms. The lowest BCUT2D eigenvalue weighted by atomic mass is 10.0. The average molecular weight is 495 g/mol. The molecule has 0 radical (unpaired) electrons. The molecule has 0 heterocycles. The number of benzene rings is 4. The lowest BCUT2D eigenvalue weighted by Gasteiger charge is -2.18. The van der Waals surface area contributed by atoms with Crippen LogP contribution in [0.3, 0.4) is 0 Å². The molecule has 0 saturated carbocycles. The maximum atomic E-state index is 12.7. The summed E-state index contributed by atoms with van der Waals surface area (Å²) in [5.74, 6) is -1.74. The molecule has 0 spiro atoms. The Morgan fingerprint density at radius 1 is 0.486 bits per heavy atom. The van der Waals surface area contributed by atoms with E-state index in [1.54, 1.807) is 72.8 Å². The second kappa shape index (κ2) is 12.8. The van der Waals surface area contributed by atoms with Gasteiger partial charge in [-0.2, -0.15) is 0 Å². The number of esters is 3. The van der Waals surface area contributed by atoms with Crippen molar-refractivity contribution >= 4 is 17.9 Å². The molecule has 4 aromatic rings. The smallest absolute Gasteiger partial charge is 0.338 e. The summed E-state index contributed by atoms with van der Waals surface area (Å²) in [5.41, 5.74) is 3.30. The Labute approximate surface area is 215 Å². The monoisotopic (exact) mass is 494 g/mol. The molecule has 6 heteroatoms. The lowest BCUT2D eigenvalue weighted by molar-refractivity contribution is -0.0253. The van der Waals surface area contributed by atoms with Crippen LogP contribution in [-0.2, 0) is 20.6 Å². The molecule has 4 rings (SSSR count). The molecule has 1 atom stereocenters. The van der Waals surface area contributed by atoms with Crippen molar-refractivity contribution in [3.63, 3.8) is 0 Å². The highest BCUT2D eigenvalue weighted by atomic mass is 16.6. The van der Waals surface area contributed by atoms with E-state index in [2.05, 4.69) is 0 Å². The van der Waals surface area contributed by atoms with Crippen LogP contribution in [0, 0.1) is 0 Å². The lowest BCUT2D eigenvalue weighted by Crippen LogP contribution is -2.31. The first-order valence-corrected chi connectivity index (χ1v) is 11.9. The van der Waals surface area contributed by atoms with Gasteiger partial charge in [0.05, 0.1) is 16.7 Å². The van der Waals surface area contributed by atoms with Gasteiger partial charge in [0.2, 0.25) is 0 Å². The number of hydrogen-bond donors (Lipinski definition) is 0. The van der Waals surface area contributed by atoms with Crippen LogP contribution >= 0.6 is 0 Å². The number of ether oxygens (including phenoxy) is 3. The van der Waals surface area contributed by atoms with Gasteiger partial charge in [0.25, 0.3) is 0 Å². The standard InChI is InChI=1S/C31H26O6/c32-29(25-12-6-2-7-13-25)35-21-28(37-31(34)26-14-8-3-9-15-26)22-36-30(33)27-18-16-24(17-19-27)20-23-10-4-1-5-11-23/h1-19,28H,20-22H2. The van der Waals surface area contributed by atoms with Crippen LogP contribution in [0.5, 0.6) is 0 Å². The van der Waals surface area contributed by atoms with Gasteiger partial charge in [0.1, 0.15) is 13.2 Å². The Kier molecular flexibility index (Phi) is 8.81. The minimum atomic E-state index is -0.985. The van der Waals surface area contributed by atoms with Gasteiger partial charge in [-0.15, -0.1) is 0 Å². The third kappa shape index (κ3) is 7.64. The highest BCUT2D eigenvalue weighted by Crippen LogP contribution is 2.13. The van der Waals surface area contributed by atoms with Crippen LogP contribution in [0.25, 0.3) is 0 Å². The molecule has 1 unspecified atom stereocenters. The van der Waals surface area contributed by atoms with Gasteiger partial charge < -0.3 is 14.2 Å². The molecule has 6 nitrogen and oxygen atoms in total. The third-order valence-corrected chi connectivity index (χ3v) is 5.53. The van der Waals surface area contributed by atoms with Gasteiger partial charge in [-0.3, -0.25) is 0 Å². The van der Waals surface area contributed by atoms with E-state index in [4.69, 9.17) is 14.2 Å². The summed E-state index contributed by atoms with van der Waals surface area (Å²) in [6.07, 6.45) is -0.234. The number of rotatable bonds is 10. The molecule has 0 fully saturated rings. The molecule has 0 aliphatic carbocycles. The van der Waals surface area contributed by atoms with E-state index in [0.29, 0.717) is 16.7 Å². The van der Waals surface area contributed by atoms with Crippen molar-refractivity contribution < 1.29 is 28.6 Å². The minimum absolute atomic E-state index is 0.268.